The lowest BCUT2D eigenvalue weighted by Gasteiger charge is -2.25. The number of nitrogens with zero attached hydrogens (tertiary/aromatic N) is 3. The van der Waals surface area contributed by atoms with Gasteiger partial charge < -0.3 is 0 Å². The van der Waals surface area contributed by atoms with E-state index in [0.29, 0.717) is 0 Å². The maximum absolute atomic E-state index is 4.18. The molecule has 0 spiro atoms. The van der Waals surface area contributed by atoms with E-state index in [1.165, 1.54) is 18.5 Å². The number of hydrogen-bond acceptors (Lipinski definition) is 2. The van der Waals surface area contributed by atoms with E-state index >= 15 is 0 Å². The van der Waals surface area contributed by atoms with Crippen molar-refractivity contribution in [2.75, 3.05) is 18.6 Å². The van der Waals surface area contributed by atoms with Crippen molar-refractivity contribution in [2.24, 2.45) is 0 Å². The minimum Gasteiger partial charge on any atom is -0.300 e. The first-order valence-corrected chi connectivity index (χ1v) is 3.62. The number of fused-ring (bicyclic) bond motifs is 1. The van der Waals surface area contributed by atoms with Gasteiger partial charge in [0.15, 0.2) is 0 Å². The van der Waals surface area contributed by atoms with Gasteiger partial charge in [0.25, 0.3) is 0 Å². The van der Waals surface area contributed by atoms with Crippen molar-refractivity contribution in [1.29, 1.82) is 0 Å². The van der Waals surface area contributed by atoms with Gasteiger partial charge in [0, 0.05) is 13.6 Å². The highest BCUT2D eigenvalue weighted by molar-refractivity contribution is 5.06. The Morgan fingerprint density at radius 1 is 1.60 bits per heavy atom. The SMILES string of the molecule is CN1CCCc2ccnn21. The second kappa shape index (κ2) is 2.01. The molecule has 0 unspecified atom stereocenters. The van der Waals surface area contributed by atoms with Gasteiger partial charge in [-0.15, -0.1) is 0 Å². The molecular weight excluding hydrogens is 126 g/mol. The number of aryl methyl sites for hydroxylation is 1. The Kier molecular flexibility index (Phi) is 1.16. The van der Waals surface area contributed by atoms with Crippen LogP contribution >= 0.6 is 0 Å². The minimum absolute atomic E-state index is 1.12. The average molecular weight is 137 g/mol. The van der Waals surface area contributed by atoms with Crippen molar-refractivity contribution in [3.8, 4) is 0 Å². The second-order valence-corrected chi connectivity index (χ2v) is 2.70. The smallest absolute Gasteiger partial charge is 0.0622 e. The third kappa shape index (κ3) is 0.701. The van der Waals surface area contributed by atoms with Crippen LogP contribution < -0.4 is 5.01 Å². The first-order valence-electron chi connectivity index (χ1n) is 3.62. The fourth-order valence-corrected chi connectivity index (χ4v) is 1.40. The zero-order valence-electron chi connectivity index (χ0n) is 6.12. The van der Waals surface area contributed by atoms with Crippen LogP contribution in [0, 0.1) is 0 Å². The van der Waals surface area contributed by atoms with E-state index in [0.717, 1.165) is 6.54 Å². The second-order valence-electron chi connectivity index (χ2n) is 2.70. The van der Waals surface area contributed by atoms with E-state index < -0.39 is 0 Å². The molecule has 2 rings (SSSR count). The van der Waals surface area contributed by atoms with Crippen molar-refractivity contribution in [1.82, 2.24) is 9.89 Å². The lowest BCUT2D eigenvalue weighted by Crippen LogP contribution is -2.37. The first-order chi connectivity index (χ1) is 4.88. The molecule has 3 nitrogen and oxygen atoms in total. The van der Waals surface area contributed by atoms with Crippen molar-refractivity contribution < 1.29 is 0 Å². The number of hydrogen-bond donors (Lipinski definition) is 0. The lowest BCUT2D eigenvalue weighted by molar-refractivity contribution is 0.497. The normalized spacial score (nSPS) is 17.1. The summed E-state index contributed by atoms with van der Waals surface area (Å²) in [6.45, 7) is 1.12. The fourth-order valence-electron chi connectivity index (χ4n) is 1.40. The molecule has 0 N–H and O–H groups in total. The van der Waals surface area contributed by atoms with Gasteiger partial charge in [0.05, 0.1) is 11.9 Å². The Morgan fingerprint density at radius 3 is 3.30 bits per heavy atom. The number of rotatable bonds is 0. The maximum Gasteiger partial charge on any atom is 0.0622 e. The van der Waals surface area contributed by atoms with Crippen LogP contribution in [-0.2, 0) is 6.42 Å². The summed E-state index contributed by atoms with van der Waals surface area (Å²) in [5.74, 6) is 0. The largest absolute Gasteiger partial charge is 0.300 e. The van der Waals surface area contributed by atoms with Crippen LogP contribution in [0.5, 0.6) is 0 Å². The van der Waals surface area contributed by atoms with E-state index in [1.807, 2.05) is 11.0 Å². The molecule has 0 bridgehead atoms. The third-order valence-corrected chi connectivity index (χ3v) is 1.94. The lowest BCUT2D eigenvalue weighted by atomic mass is 10.2. The molecule has 2 heterocycles. The molecule has 0 aromatic carbocycles. The molecule has 1 aromatic rings. The molecule has 3 heteroatoms. The molecule has 0 fully saturated rings. The molecule has 54 valence electrons. The highest BCUT2D eigenvalue weighted by Gasteiger charge is 2.11. The fraction of sp³-hybridized carbons (Fsp3) is 0.571. The summed E-state index contributed by atoms with van der Waals surface area (Å²) >= 11 is 0. The summed E-state index contributed by atoms with van der Waals surface area (Å²) in [7, 11) is 2.07. The molecule has 0 radical (unpaired) electrons. The molecule has 10 heavy (non-hydrogen) atoms. The Balaban J connectivity index is 2.41. The highest BCUT2D eigenvalue weighted by Crippen LogP contribution is 2.08. The average Bonchev–Trinajstić information content (AvgIpc) is 2.36. The molecule has 0 aliphatic carbocycles. The molecule has 0 amide bonds. The van der Waals surface area contributed by atoms with E-state index in [4.69, 9.17) is 0 Å². The highest BCUT2D eigenvalue weighted by atomic mass is 15.6. The van der Waals surface area contributed by atoms with Crippen molar-refractivity contribution in [3.63, 3.8) is 0 Å². The number of aromatic nitrogens is 2. The quantitative estimate of drug-likeness (QED) is 0.516. The maximum atomic E-state index is 4.18. The van der Waals surface area contributed by atoms with Crippen LogP contribution in [0.25, 0.3) is 0 Å². The van der Waals surface area contributed by atoms with Gasteiger partial charge in [-0.3, -0.25) is 5.01 Å². The van der Waals surface area contributed by atoms with Gasteiger partial charge in [0.1, 0.15) is 0 Å². The summed E-state index contributed by atoms with van der Waals surface area (Å²) in [5.41, 5.74) is 1.33. The third-order valence-electron chi connectivity index (χ3n) is 1.94. The van der Waals surface area contributed by atoms with Crippen molar-refractivity contribution in [2.45, 2.75) is 12.8 Å². The predicted molar refractivity (Wildman–Crippen MR) is 39.6 cm³/mol. The molecule has 0 saturated heterocycles. The van der Waals surface area contributed by atoms with E-state index in [-0.39, 0.29) is 0 Å². The van der Waals surface area contributed by atoms with Crippen molar-refractivity contribution >= 4 is 0 Å². The monoisotopic (exact) mass is 137 g/mol. The first kappa shape index (κ1) is 5.77. The van der Waals surface area contributed by atoms with Gasteiger partial charge in [-0.05, 0) is 18.9 Å². The van der Waals surface area contributed by atoms with Crippen LogP contribution in [0.2, 0.25) is 0 Å². The molecule has 1 aliphatic heterocycles. The zero-order chi connectivity index (χ0) is 6.97. The molecule has 0 saturated carbocycles. The molecule has 0 atom stereocenters. The van der Waals surface area contributed by atoms with Crippen molar-refractivity contribution in [3.05, 3.63) is 18.0 Å². The Bertz CT molecular complexity index is 229. The van der Waals surface area contributed by atoms with Gasteiger partial charge in [-0.1, -0.05) is 0 Å². The van der Waals surface area contributed by atoms with Gasteiger partial charge in [-0.2, -0.15) is 9.89 Å². The Labute approximate surface area is 60.2 Å². The summed E-state index contributed by atoms with van der Waals surface area (Å²) < 4.78 is 0. The Hall–Kier alpha value is -0.990. The molecular formula is C7H11N3. The standard InChI is InChI=1S/C7H11N3/c1-9-6-2-3-7-4-5-8-10(7)9/h4-5H,2-3,6H2,1H3. The van der Waals surface area contributed by atoms with E-state index in [2.05, 4.69) is 23.2 Å². The summed E-state index contributed by atoms with van der Waals surface area (Å²) in [4.78, 5) is 1.98. The Morgan fingerprint density at radius 2 is 2.50 bits per heavy atom. The van der Waals surface area contributed by atoms with Gasteiger partial charge >= 0.3 is 0 Å². The summed E-state index contributed by atoms with van der Waals surface area (Å²) in [5, 5.41) is 6.32. The summed E-state index contributed by atoms with van der Waals surface area (Å²) in [6, 6.07) is 2.08. The zero-order valence-corrected chi connectivity index (χ0v) is 6.12. The van der Waals surface area contributed by atoms with Crippen LogP contribution in [0.15, 0.2) is 12.3 Å². The van der Waals surface area contributed by atoms with E-state index in [9.17, 15) is 0 Å². The molecule has 1 aliphatic rings. The van der Waals surface area contributed by atoms with Crippen LogP contribution in [0.1, 0.15) is 12.1 Å². The molecule has 1 aromatic heterocycles. The van der Waals surface area contributed by atoms with Crippen LogP contribution in [0.4, 0.5) is 0 Å². The van der Waals surface area contributed by atoms with Gasteiger partial charge in [0.2, 0.25) is 0 Å². The topological polar surface area (TPSA) is 21.1 Å². The predicted octanol–water partition coefficient (Wildman–Crippen LogP) is 0.397. The van der Waals surface area contributed by atoms with Crippen LogP contribution in [-0.4, -0.2) is 23.5 Å². The minimum atomic E-state index is 1.12. The van der Waals surface area contributed by atoms with Crippen LogP contribution in [0.3, 0.4) is 0 Å². The summed E-state index contributed by atoms with van der Waals surface area (Å²) in [6.07, 6.45) is 4.28. The van der Waals surface area contributed by atoms with Gasteiger partial charge in [-0.25, -0.2) is 0 Å². The van der Waals surface area contributed by atoms with E-state index in [1.54, 1.807) is 0 Å².